The summed E-state index contributed by atoms with van der Waals surface area (Å²) in [5.41, 5.74) is 3.55. The number of halogens is 1. The molecular weight excluding hydrogens is 300 g/mol. The van der Waals surface area contributed by atoms with Gasteiger partial charge < -0.3 is 0 Å². The van der Waals surface area contributed by atoms with Gasteiger partial charge in [0, 0.05) is 10.7 Å². The first-order chi connectivity index (χ1) is 9.34. The van der Waals surface area contributed by atoms with E-state index in [0.29, 0.717) is 0 Å². The lowest BCUT2D eigenvalue weighted by Gasteiger charge is -2.09. The highest BCUT2D eigenvalue weighted by molar-refractivity contribution is 9.10. The van der Waals surface area contributed by atoms with E-state index in [1.165, 1.54) is 11.1 Å². The van der Waals surface area contributed by atoms with Crippen LogP contribution in [0, 0.1) is 0 Å². The van der Waals surface area contributed by atoms with Crippen LogP contribution in [-0.4, -0.2) is 9.78 Å². The molecule has 0 saturated carbocycles. The topological polar surface area (TPSA) is 17.8 Å². The molecule has 0 aliphatic heterocycles. The summed E-state index contributed by atoms with van der Waals surface area (Å²) in [6.45, 7) is 0.763. The third kappa shape index (κ3) is 2.61. The fourth-order valence-corrected chi connectivity index (χ4v) is 2.51. The minimum atomic E-state index is 0.763. The van der Waals surface area contributed by atoms with Crippen molar-refractivity contribution in [2.75, 3.05) is 0 Å². The monoisotopic (exact) mass is 312 g/mol. The average molecular weight is 313 g/mol. The van der Waals surface area contributed by atoms with Crippen molar-refractivity contribution in [2.24, 2.45) is 0 Å². The van der Waals surface area contributed by atoms with E-state index in [9.17, 15) is 0 Å². The summed E-state index contributed by atoms with van der Waals surface area (Å²) < 4.78 is 3.14. The molecule has 0 aliphatic carbocycles. The second-order valence-electron chi connectivity index (χ2n) is 4.33. The molecule has 0 unspecified atom stereocenters. The summed E-state index contributed by atoms with van der Waals surface area (Å²) >= 11 is 3.58. The predicted molar refractivity (Wildman–Crippen MR) is 80.9 cm³/mol. The molecule has 0 spiro atoms. The van der Waals surface area contributed by atoms with Crippen LogP contribution in [0.25, 0.3) is 11.3 Å². The summed E-state index contributed by atoms with van der Waals surface area (Å²) in [5.74, 6) is 0. The molecule has 0 N–H and O–H groups in total. The number of benzene rings is 2. The fourth-order valence-electron chi connectivity index (χ4n) is 2.10. The van der Waals surface area contributed by atoms with Gasteiger partial charge >= 0.3 is 0 Å². The molecule has 0 fully saturated rings. The van der Waals surface area contributed by atoms with Crippen molar-refractivity contribution in [1.29, 1.82) is 0 Å². The minimum Gasteiger partial charge on any atom is -0.260 e. The van der Waals surface area contributed by atoms with Gasteiger partial charge in [-0.3, -0.25) is 4.68 Å². The molecule has 3 heteroatoms. The quantitative estimate of drug-likeness (QED) is 0.702. The first-order valence-corrected chi connectivity index (χ1v) is 6.94. The summed E-state index contributed by atoms with van der Waals surface area (Å²) in [4.78, 5) is 0. The molecule has 19 heavy (non-hydrogen) atoms. The maximum absolute atomic E-state index is 4.42. The largest absolute Gasteiger partial charge is 0.260 e. The summed E-state index contributed by atoms with van der Waals surface area (Å²) in [6, 6.07) is 20.6. The molecule has 0 bridgehead atoms. The van der Waals surface area contributed by atoms with Crippen LogP contribution < -0.4 is 0 Å². The Morgan fingerprint density at radius 2 is 1.63 bits per heavy atom. The van der Waals surface area contributed by atoms with Gasteiger partial charge in [-0.2, -0.15) is 5.10 Å². The maximum atomic E-state index is 4.42. The van der Waals surface area contributed by atoms with Crippen molar-refractivity contribution in [3.63, 3.8) is 0 Å². The zero-order chi connectivity index (χ0) is 13.1. The Morgan fingerprint density at radius 3 is 2.42 bits per heavy atom. The Labute approximate surface area is 120 Å². The standard InChI is InChI=1S/C16H13BrN2/c17-15-9-5-4-8-14(15)12-19-16(10-11-18-19)13-6-2-1-3-7-13/h1-11H,12H2. The van der Waals surface area contributed by atoms with Crippen molar-refractivity contribution >= 4 is 15.9 Å². The van der Waals surface area contributed by atoms with E-state index in [-0.39, 0.29) is 0 Å². The second-order valence-corrected chi connectivity index (χ2v) is 5.19. The molecule has 94 valence electrons. The Balaban J connectivity index is 1.96. The van der Waals surface area contributed by atoms with Gasteiger partial charge in [-0.05, 0) is 23.3 Å². The Morgan fingerprint density at radius 1 is 0.895 bits per heavy atom. The van der Waals surface area contributed by atoms with Crippen molar-refractivity contribution in [1.82, 2.24) is 9.78 Å². The van der Waals surface area contributed by atoms with Gasteiger partial charge in [0.2, 0.25) is 0 Å². The third-order valence-corrected chi connectivity index (χ3v) is 3.84. The van der Waals surface area contributed by atoms with E-state index < -0.39 is 0 Å². The highest BCUT2D eigenvalue weighted by Crippen LogP contribution is 2.22. The lowest BCUT2D eigenvalue weighted by Crippen LogP contribution is -2.04. The molecule has 1 aromatic heterocycles. The van der Waals surface area contributed by atoms with Gasteiger partial charge in [-0.25, -0.2) is 0 Å². The number of aromatic nitrogens is 2. The van der Waals surface area contributed by atoms with Gasteiger partial charge in [0.15, 0.2) is 0 Å². The highest BCUT2D eigenvalue weighted by Gasteiger charge is 2.07. The van der Waals surface area contributed by atoms with E-state index in [2.05, 4.69) is 45.3 Å². The predicted octanol–water partition coefficient (Wildman–Crippen LogP) is 4.36. The molecule has 0 radical (unpaired) electrons. The first-order valence-electron chi connectivity index (χ1n) is 6.15. The Kier molecular flexibility index (Phi) is 3.47. The van der Waals surface area contributed by atoms with E-state index in [0.717, 1.165) is 16.7 Å². The molecule has 0 atom stereocenters. The normalized spacial score (nSPS) is 10.6. The van der Waals surface area contributed by atoms with Crippen molar-refractivity contribution in [3.8, 4) is 11.3 Å². The number of hydrogen-bond donors (Lipinski definition) is 0. The van der Waals surface area contributed by atoms with E-state index in [1.807, 2.05) is 47.3 Å². The van der Waals surface area contributed by atoms with Crippen LogP contribution in [0.4, 0.5) is 0 Å². The Hall–Kier alpha value is -1.87. The molecule has 2 aromatic carbocycles. The molecule has 0 amide bonds. The van der Waals surface area contributed by atoms with Crippen molar-refractivity contribution in [2.45, 2.75) is 6.54 Å². The molecule has 0 aliphatic rings. The van der Waals surface area contributed by atoms with Crippen molar-refractivity contribution < 1.29 is 0 Å². The van der Waals surface area contributed by atoms with Gasteiger partial charge in [-0.15, -0.1) is 0 Å². The first kappa shape index (κ1) is 12.2. The van der Waals surface area contributed by atoms with Crippen LogP contribution in [0.15, 0.2) is 71.3 Å². The smallest absolute Gasteiger partial charge is 0.0686 e. The van der Waals surface area contributed by atoms with Crippen molar-refractivity contribution in [3.05, 3.63) is 76.9 Å². The summed E-state index contributed by atoms with van der Waals surface area (Å²) in [6.07, 6.45) is 1.85. The van der Waals surface area contributed by atoms with Gasteiger partial charge in [0.05, 0.1) is 12.2 Å². The third-order valence-electron chi connectivity index (χ3n) is 3.06. The maximum Gasteiger partial charge on any atom is 0.0686 e. The average Bonchev–Trinajstić information content (AvgIpc) is 2.91. The molecule has 1 heterocycles. The summed E-state index contributed by atoms with van der Waals surface area (Å²) in [5, 5.41) is 4.42. The lowest BCUT2D eigenvalue weighted by atomic mass is 10.1. The van der Waals surface area contributed by atoms with Crippen LogP contribution in [0.3, 0.4) is 0 Å². The second kappa shape index (κ2) is 5.41. The molecule has 3 rings (SSSR count). The Bertz CT molecular complexity index is 674. The van der Waals surface area contributed by atoms with Gasteiger partial charge in [-0.1, -0.05) is 64.5 Å². The minimum absolute atomic E-state index is 0.763. The number of rotatable bonds is 3. The van der Waals surface area contributed by atoms with E-state index >= 15 is 0 Å². The van der Waals surface area contributed by atoms with Gasteiger partial charge in [0.25, 0.3) is 0 Å². The van der Waals surface area contributed by atoms with Crippen LogP contribution in [0.1, 0.15) is 5.56 Å². The molecule has 3 aromatic rings. The van der Waals surface area contributed by atoms with Crippen LogP contribution in [0.2, 0.25) is 0 Å². The number of hydrogen-bond acceptors (Lipinski definition) is 1. The zero-order valence-electron chi connectivity index (χ0n) is 10.3. The molecule has 2 nitrogen and oxygen atoms in total. The van der Waals surface area contributed by atoms with Crippen LogP contribution >= 0.6 is 15.9 Å². The zero-order valence-corrected chi connectivity index (χ0v) is 11.9. The molecular formula is C16H13BrN2. The summed E-state index contributed by atoms with van der Waals surface area (Å²) in [7, 11) is 0. The number of nitrogens with zero attached hydrogens (tertiary/aromatic N) is 2. The van der Waals surface area contributed by atoms with Gasteiger partial charge in [0.1, 0.15) is 0 Å². The van der Waals surface area contributed by atoms with E-state index in [1.54, 1.807) is 0 Å². The lowest BCUT2D eigenvalue weighted by molar-refractivity contribution is 0.692. The fraction of sp³-hybridized carbons (Fsp3) is 0.0625. The highest BCUT2D eigenvalue weighted by atomic mass is 79.9. The SMILES string of the molecule is Brc1ccccc1Cn1nccc1-c1ccccc1. The van der Waals surface area contributed by atoms with E-state index in [4.69, 9.17) is 0 Å². The van der Waals surface area contributed by atoms with Crippen LogP contribution in [0.5, 0.6) is 0 Å². The van der Waals surface area contributed by atoms with Crippen LogP contribution in [-0.2, 0) is 6.54 Å². The molecule has 0 saturated heterocycles.